The van der Waals surface area contributed by atoms with E-state index in [1.54, 1.807) is 0 Å². The summed E-state index contributed by atoms with van der Waals surface area (Å²) in [5.41, 5.74) is -0.389. The van der Waals surface area contributed by atoms with Crippen molar-refractivity contribution in [1.82, 2.24) is 5.16 Å². The summed E-state index contributed by atoms with van der Waals surface area (Å²) in [5, 5.41) is 21.2. The molecule has 1 heterocycles. The molecule has 0 amide bonds. The summed E-state index contributed by atoms with van der Waals surface area (Å²) in [7, 11) is 0. The molecule has 0 saturated carbocycles. The second-order valence-corrected chi connectivity index (χ2v) is 3.26. The number of benzene rings is 1. The molecule has 0 aliphatic heterocycles. The third kappa shape index (κ3) is 2.29. The van der Waals surface area contributed by atoms with Crippen LogP contribution in [-0.4, -0.2) is 27.3 Å². The van der Waals surface area contributed by atoms with Crippen molar-refractivity contribution in [3.8, 4) is 11.5 Å². The summed E-state index contributed by atoms with van der Waals surface area (Å²) in [6, 6.07) is 5.49. The minimum atomic E-state index is -1.35. The average molecular weight is 249 g/mol. The summed E-state index contributed by atoms with van der Waals surface area (Å²) in [6.07, 6.45) is 0.904. The number of carboxylic acid groups (broad SMARTS) is 1. The van der Waals surface area contributed by atoms with Gasteiger partial charge in [-0.05, 0) is 12.1 Å². The van der Waals surface area contributed by atoms with Crippen LogP contribution in [0.15, 0.2) is 35.0 Å². The van der Waals surface area contributed by atoms with Crippen LogP contribution < -0.4 is 4.74 Å². The number of phenols is 1. The molecule has 2 aromatic rings. The Hall–Kier alpha value is -2.83. The van der Waals surface area contributed by atoms with E-state index in [0.29, 0.717) is 0 Å². The lowest BCUT2D eigenvalue weighted by molar-refractivity contribution is 0.0644. The molecule has 0 unspecified atom stereocenters. The predicted octanol–water partition coefficient (Wildman–Crippen LogP) is 1.30. The van der Waals surface area contributed by atoms with Crippen molar-refractivity contribution in [3.05, 3.63) is 41.8 Å². The van der Waals surface area contributed by atoms with Gasteiger partial charge in [0.05, 0.1) is 6.20 Å². The topological polar surface area (TPSA) is 110 Å². The average Bonchev–Trinajstić information content (AvgIpc) is 2.77. The Bertz CT molecular complexity index is 603. The van der Waals surface area contributed by atoms with Crippen LogP contribution in [0, 0.1) is 0 Å². The van der Waals surface area contributed by atoms with Crippen LogP contribution in [0.2, 0.25) is 0 Å². The summed E-state index contributed by atoms with van der Waals surface area (Å²) in [6.45, 7) is 0. The number of carbonyl (C=O) groups is 2. The van der Waals surface area contributed by atoms with E-state index >= 15 is 0 Å². The van der Waals surface area contributed by atoms with E-state index in [0.717, 1.165) is 6.20 Å². The fourth-order valence-corrected chi connectivity index (χ4v) is 1.24. The van der Waals surface area contributed by atoms with Crippen molar-refractivity contribution in [2.75, 3.05) is 0 Å². The molecule has 0 spiro atoms. The molecular weight excluding hydrogens is 242 g/mol. The Labute approximate surface area is 100 Å². The lowest BCUT2D eigenvalue weighted by Crippen LogP contribution is -2.12. The number of aromatic nitrogens is 1. The van der Waals surface area contributed by atoms with Crippen molar-refractivity contribution in [1.29, 1.82) is 0 Å². The van der Waals surface area contributed by atoms with Gasteiger partial charge in [0.1, 0.15) is 17.1 Å². The zero-order chi connectivity index (χ0) is 13.1. The number of hydrogen-bond acceptors (Lipinski definition) is 6. The smallest absolute Gasteiger partial charge is 0.383 e. The van der Waals surface area contributed by atoms with Gasteiger partial charge in [-0.25, -0.2) is 9.59 Å². The molecule has 7 heteroatoms. The lowest BCUT2D eigenvalue weighted by atomic mass is 10.2. The number of carbonyl (C=O) groups excluding carboxylic acids is 1. The molecule has 0 saturated heterocycles. The zero-order valence-electron chi connectivity index (χ0n) is 8.86. The van der Waals surface area contributed by atoms with Gasteiger partial charge in [-0.1, -0.05) is 11.2 Å². The molecule has 7 nitrogen and oxygen atoms in total. The van der Waals surface area contributed by atoms with E-state index < -0.39 is 17.7 Å². The number of aromatic carboxylic acids is 1. The Morgan fingerprint density at radius 1 is 1.33 bits per heavy atom. The van der Waals surface area contributed by atoms with E-state index in [2.05, 4.69) is 9.68 Å². The van der Waals surface area contributed by atoms with Crippen molar-refractivity contribution in [3.63, 3.8) is 0 Å². The van der Waals surface area contributed by atoms with Crippen LogP contribution in [0.4, 0.5) is 0 Å². The van der Waals surface area contributed by atoms with E-state index in [1.807, 2.05) is 0 Å². The van der Waals surface area contributed by atoms with Crippen LogP contribution in [0.25, 0.3) is 0 Å². The Balaban J connectivity index is 2.22. The first kappa shape index (κ1) is 11.6. The Kier molecular flexibility index (Phi) is 2.96. The van der Waals surface area contributed by atoms with Gasteiger partial charge in [-0.15, -0.1) is 0 Å². The van der Waals surface area contributed by atoms with Gasteiger partial charge in [0, 0.05) is 6.07 Å². The summed E-state index contributed by atoms with van der Waals surface area (Å²) >= 11 is 0. The molecule has 0 radical (unpaired) electrons. The first-order valence-electron chi connectivity index (χ1n) is 4.77. The van der Waals surface area contributed by atoms with Gasteiger partial charge < -0.3 is 19.5 Å². The third-order valence-electron chi connectivity index (χ3n) is 2.01. The monoisotopic (exact) mass is 249 g/mol. The number of aromatic hydroxyl groups is 1. The van der Waals surface area contributed by atoms with Crippen LogP contribution in [-0.2, 0) is 0 Å². The molecule has 18 heavy (non-hydrogen) atoms. The molecule has 0 atom stereocenters. The number of phenolic OH excluding ortho intramolecular Hbond substituents is 1. The number of rotatable bonds is 3. The molecule has 2 N–H and O–H groups in total. The Morgan fingerprint density at radius 3 is 2.78 bits per heavy atom. The molecule has 2 rings (SSSR count). The van der Waals surface area contributed by atoms with Crippen LogP contribution in [0.5, 0.6) is 11.5 Å². The fraction of sp³-hybridized carbons (Fsp3) is 0. The SMILES string of the molecule is O=C(O)c1cnoc1C(=O)Oc1cccc(O)c1. The van der Waals surface area contributed by atoms with E-state index in [9.17, 15) is 14.7 Å². The first-order valence-corrected chi connectivity index (χ1v) is 4.77. The molecule has 1 aromatic heterocycles. The van der Waals surface area contributed by atoms with Gasteiger partial charge >= 0.3 is 11.9 Å². The van der Waals surface area contributed by atoms with Gasteiger partial charge in [-0.2, -0.15) is 0 Å². The Morgan fingerprint density at radius 2 is 2.11 bits per heavy atom. The quantitative estimate of drug-likeness (QED) is 0.623. The summed E-state index contributed by atoms with van der Waals surface area (Å²) < 4.78 is 9.36. The normalized spacial score (nSPS) is 10.0. The molecular formula is C11H7NO6. The largest absolute Gasteiger partial charge is 0.508 e. The first-order chi connectivity index (χ1) is 8.58. The van der Waals surface area contributed by atoms with Gasteiger partial charge in [0.15, 0.2) is 0 Å². The van der Waals surface area contributed by atoms with Gasteiger partial charge in [0.25, 0.3) is 5.76 Å². The number of ether oxygens (including phenoxy) is 1. The second kappa shape index (κ2) is 4.58. The highest BCUT2D eigenvalue weighted by atomic mass is 16.6. The zero-order valence-corrected chi connectivity index (χ0v) is 8.86. The van der Waals surface area contributed by atoms with Gasteiger partial charge in [0.2, 0.25) is 0 Å². The summed E-state index contributed by atoms with van der Waals surface area (Å²) in [5.74, 6) is -2.88. The summed E-state index contributed by atoms with van der Waals surface area (Å²) in [4.78, 5) is 22.4. The van der Waals surface area contributed by atoms with E-state index in [-0.39, 0.29) is 17.1 Å². The van der Waals surface area contributed by atoms with E-state index in [1.165, 1.54) is 24.3 Å². The lowest BCUT2D eigenvalue weighted by Gasteiger charge is -2.02. The van der Waals surface area contributed by atoms with E-state index in [4.69, 9.17) is 9.84 Å². The predicted molar refractivity (Wildman–Crippen MR) is 56.5 cm³/mol. The molecule has 1 aromatic carbocycles. The van der Waals surface area contributed by atoms with Gasteiger partial charge in [-0.3, -0.25) is 0 Å². The maximum Gasteiger partial charge on any atom is 0.383 e. The molecule has 0 aliphatic rings. The fourth-order valence-electron chi connectivity index (χ4n) is 1.24. The van der Waals surface area contributed by atoms with Crippen LogP contribution >= 0.6 is 0 Å². The third-order valence-corrected chi connectivity index (χ3v) is 2.01. The molecule has 92 valence electrons. The minimum absolute atomic E-state index is 0.0627. The maximum atomic E-state index is 11.6. The molecule has 0 bridgehead atoms. The number of hydrogen-bond donors (Lipinski definition) is 2. The van der Waals surface area contributed by atoms with Crippen molar-refractivity contribution in [2.24, 2.45) is 0 Å². The number of nitrogens with zero attached hydrogens (tertiary/aromatic N) is 1. The van der Waals surface area contributed by atoms with Crippen LogP contribution in [0.3, 0.4) is 0 Å². The molecule has 0 aliphatic carbocycles. The van der Waals surface area contributed by atoms with Crippen molar-refractivity contribution >= 4 is 11.9 Å². The minimum Gasteiger partial charge on any atom is -0.508 e. The molecule has 0 fully saturated rings. The van der Waals surface area contributed by atoms with Crippen LogP contribution in [0.1, 0.15) is 20.9 Å². The number of carboxylic acids is 1. The van der Waals surface area contributed by atoms with Crippen molar-refractivity contribution < 1.29 is 29.1 Å². The highest BCUT2D eigenvalue weighted by molar-refractivity contribution is 6.00. The maximum absolute atomic E-state index is 11.6. The second-order valence-electron chi connectivity index (χ2n) is 3.26. The number of esters is 1. The van der Waals surface area contributed by atoms with Crippen molar-refractivity contribution in [2.45, 2.75) is 0 Å². The standard InChI is InChI=1S/C11H7NO6/c13-6-2-1-3-7(4-6)17-11(16)9-8(10(14)15)5-12-18-9/h1-5,13H,(H,14,15). The highest BCUT2D eigenvalue weighted by Gasteiger charge is 2.23. The highest BCUT2D eigenvalue weighted by Crippen LogP contribution is 2.19.